The van der Waals surface area contributed by atoms with Crippen molar-refractivity contribution in [3.63, 3.8) is 0 Å². The number of halogens is 1. The molecule has 3 heterocycles. The Balaban J connectivity index is 1.88. The summed E-state index contributed by atoms with van der Waals surface area (Å²) in [6.07, 6.45) is 0.701. The number of thioether (sulfide) groups is 1. The third-order valence-electron chi connectivity index (χ3n) is 5.85. The lowest BCUT2D eigenvalue weighted by atomic mass is 9.87. The number of amides is 2. The minimum atomic E-state index is -0.301. The summed E-state index contributed by atoms with van der Waals surface area (Å²) in [5.41, 5.74) is 3.42. The van der Waals surface area contributed by atoms with Crippen molar-refractivity contribution in [3.8, 4) is 5.69 Å². The van der Waals surface area contributed by atoms with Crippen LogP contribution in [0.3, 0.4) is 0 Å². The van der Waals surface area contributed by atoms with Crippen LogP contribution in [0, 0.1) is 0 Å². The van der Waals surface area contributed by atoms with Crippen LogP contribution in [-0.4, -0.2) is 54.2 Å². The normalized spacial score (nSPS) is 16.1. The van der Waals surface area contributed by atoms with Gasteiger partial charge in [0.1, 0.15) is 12.4 Å². The lowest BCUT2D eigenvalue weighted by molar-refractivity contribution is -0.122. The topological polar surface area (TPSA) is 76.5 Å². The number of aromatic nitrogens is 2. The zero-order valence-corrected chi connectivity index (χ0v) is 23.3. The number of carbonyl (C=O) groups excluding carboxylic acids is 2. The van der Waals surface area contributed by atoms with Gasteiger partial charge in [0.15, 0.2) is 0 Å². The minimum absolute atomic E-state index is 0.0906. The lowest BCUT2D eigenvalue weighted by Crippen LogP contribution is -2.42. The summed E-state index contributed by atoms with van der Waals surface area (Å²) < 4.78 is 6.85. The van der Waals surface area contributed by atoms with Crippen LogP contribution in [0.15, 0.2) is 41.1 Å². The van der Waals surface area contributed by atoms with Gasteiger partial charge in [0.25, 0.3) is 0 Å². The van der Waals surface area contributed by atoms with E-state index in [-0.39, 0.29) is 34.8 Å². The molecule has 1 aromatic carbocycles. The number of benzene rings is 1. The quantitative estimate of drug-likeness (QED) is 0.393. The Hall–Kier alpha value is -2.33. The highest BCUT2D eigenvalue weighted by atomic mass is 35.5. The van der Waals surface area contributed by atoms with Crippen molar-refractivity contribution in [3.05, 3.63) is 62.9 Å². The first kappa shape index (κ1) is 26.7. The first-order chi connectivity index (χ1) is 17.2. The van der Waals surface area contributed by atoms with Crippen molar-refractivity contribution in [2.45, 2.75) is 37.9 Å². The van der Waals surface area contributed by atoms with E-state index in [9.17, 15) is 9.59 Å². The van der Waals surface area contributed by atoms with Gasteiger partial charge in [-0.25, -0.2) is 4.68 Å². The molecule has 0 saturated carbocycles. The highest BCUT2D eigenvalue weighted by Crippen LogP contribution is 2.48. The average Bonchev–Trinajstić information content (AvgIpc) is 3.47. The van der Waals surface area contributed by atoms with Gasteiger partial charge in [0.2, 0.25) is 11.8 Å². The molecule has 1 N–H and O–H groups in total. The lowest BCUT2D eigenvalue weighted by Gasteiger charge is -2.24. The SMILES string of the molecule is COCCCNC(=O)CN1C(=O)CS[C@H](c2ccsc2)c2c(C(C)(C)C)nn(-c3cccc(Cl)c3)c21. The number of fused-ring (bicyclic) bond motifs is 1. The van der Waals surface area contributed by atoms with Gasteiger partial charge in [-0.2, -0.15) is 16.4 Å². The maximum atomic E-state index is 13.6. The summed E-state index contributed by atoms with van der Waals surface area (Å²) in [5.74, 6) is 0.529. The first-order valence-corrected chi connectivity index (χ1v) is 14.2. The van der Waals surface area contributed by atoms with Crippen molar-refractivity contribution < 1.29 is 14.3 Å². The third kappa shape index (κ3) is 5.80. The number of carbonyl (C=O) groups is 2. The second-order valence-corrected chi connectivity index (χ2v) is 12.0. The predicted molar refractivity (Wildman–Crippen MR) is 148 cm³/mol. The van der Waals surface area contributed by atoms with Crippen LogP contribution in [0.1, 0.15) is 49.3 Å². The molecule has 36 heavy (non-hydrogen) atoms. The summed E-state index contributed by atoms with van der Waals surface area (Å²) in [5, 5.41) is 12.6. The number of thiophene rings is 1. The molecule has 0 radical (unpaired) electrons. The Bertz CT molecular complexity index is 1220. The minimum Gasteiger partial charge on any atom is -0.385 e. The van der Waals surface area contributed by atoms with E-state index in [0.717, 1.165) is 22.5 Å². The van der Waals surface area contributed by atoms with Crippen molar-refractivity contribution >= 4 is 52.3 Å². The Kier molecular flexibility index (Phi) is 8.44. The van der Waals surface area contributed by atoms with E-state index < -0.39 is 0 Å². The van der Waals surface area contributed by atoms with Crippen LogP contribution >= 0.6 is 34.7 Å². The van der Waals surface area contributed by atoms with Gasteiger partial charge in [-0.15, -0.1) is 11.8 Å². The number of rotatable bonds is 8. The molecule has 3 aromatic rings. The predicted octanol–water partition coefficient (Wildman–Crippen LogP) is 5.21. The maximum Gasteiger partial charge on any atom is 0.240 e. The summed E-state index contributed by atoms with van der Waals surface area (Å²) in [6.45, 7) is 7.30. The Labute approximate surface area is 225 Å². The summed E-state index contributed by atoms with van der Waals surface area (Å²) >= 11 is 9.56. The molecular weight excluding hydrogens is 516 g/mol. The molecule has 1 atom stereocenters. The fourth-order valence-corrected chi connectivity index (χ4v) is 6.34. The molecule has 10 heteroatoms. The van der Waals surface area contributed by atoms with E-state index in [1.165, 1.54) is 0 Å². The smallest absolute Gasteiger partial charge is 0.240 e. The van der Waals surface area contributed by atoms with Crippen LogP contribution in [0.25, 0.3) is 5.69 Å². The molecule has 0 aliphatic carbocycles. The van der Waals surface area contributed by atoms with Gasteiger partial charge < -0.3 is 10.1 Å². The third-order valence-corrected chi connectivity index (χ3v) is 8.04. The number of hydrogen-bond donors (Lipinski definition) is 1. The van der Waals surface area contributed by atoms with E-state index in [1.54, 1.807) is 45.9 Å². The molecular formula is C26H31ClN4O3S2. The summed E-state index contributed by atoms with van der Waals surface area (Å²) in [6, 6.07) is 9.50. The molecule has 4 rings (SSSR count). The van der Waals surface area contributed by atoms with Crippen molar-refractivity contribution in [1.82, 2.24) is 15.1 Å². The van der Waals surface area contributed by atoms with Crippen molar-refractivity contribution in [2.75, 3.05) is 37.5 Å². The van der Waals surface area contributed by atoms with Crippen LogP contribution in [-0.2, 0) is 19.7 Å². The van der Waals surface area contributed by atoms with Crippen LogP contribution < -0.4 is 10.2 Å². The molecule has 0 saturated heterocycles. The van der Waals surface area contributed by atoms with E-state index in [2.05, 4.69) is 37.5 Å². The van der Waals surface area contributed by atoms with Crippen LogP contribution in [0.5, 0.6) is 0 Å². The molecule has 0 bridgehead atoms. The van der Waals surface area contributed by atoms with Gasteiger partial charge in [-0.3, -0.25) is 14.5 Å². The van der Waals surface area contributed by atoms with E-state index in [1.807, 2.05) is 23.6 Å². The standard InChI is InChI=1S/C26H31ClN4O3S2/c1-26(2,3)24-22-23(17-9-12-35-15-17)36-16-21(33)30(14-20(32)28-10-6-11-34-4)25(22)31(29-24)19-8-5-7-18(27)13-19/h5,7-9,12-13,15,23H,6,10-11,14,16H2,1-4H3,(H,28,32)/t23-/m1/s1. The Morgan fingerprint density at radius 3 is 2.78 bits per heavy atom. The largest absolute Gasteiger partial charge is 0.385 e. The second kappa shape index (κ2) is 11.4. The van der Waals surface area contributed by atoms with Gasteiger partial charge in [-0.1, -0.05) is 38.4 Å². The van der Waals surface area contributed by atoms with E-state index >= 15 is 0 Å². The van der Waals surface area contributed by atoms with Gasteiger partial charge in [-0.05, 0) is 47.0 Å². The number of hydrogen-bond acceptors (Lipinski definition) is 6. The summed E-state index contributed by atoms with van der Waals surface area (Å²) in [4.78, 5) is 28.1. The molecule has 7 nitrogen and oxygen atoms in total. The molecule has 192 valence electrons. The average molecular weight is 547 g/mol. The molecule has 0 unspecified atom stereocenters. The summed E-state index contributed by atoms with van der Waals surface area (Å²) in [7, 11) is 1.63. The van der Waals surface area contributed by atoms with Crippen molar-refractivity contribution in [2.24, 2.45) is 0 Å². The number of ether oxygens (including phenoxy) is 1. The fraction of sp³-hybridized carbons (Fsp3) is 0.423. The highest BCUT2D eigenvalue weighted by Gasteiger charge is 2.40. The molecule has 1 aliphatic rings. The van der Waals surface area contributed by atoms with Gasteiger partial charge >= 0.3 is 0 Å². The highest BCUT2D eigenvalue weighted by molar-refractivity contribution is 8.00. The number of nitrogens with zero attached hydrogens (tertiary/aromatic N) is 3. The van der Waals surface area contributed by atoms with Gasteiger partial charge in [0.05, 0.1) is 22.4 Å². The zero-order chi connectivity index (χ0) is 25.9. The van der Waals surface area contributed by atoms with E-state index in [4.69, 9.17) is 21.4 Å². The number of nitrogens with one attached hydrogen (secondary N) is 1. The molecule has 1 aliphatic heterocycles. The number of anilines is 1. The molecule has 0 fully saturated rings. The zero-order valence-electron chi connectivity index (χ0n) is 20.9. The van der Waals surface area contributed by atoms with E-state index in [0.29, 0.717) is 30.4 Å². The maximum absolute atomic E-state index is 13.6. The molecule has 0 spiro atoms. The number of methoxy groups -OCH3 is 1. The first-order valence-electron chi connectivity index (χ1n) is 11.8. The van der Waals surface area contributed by atoms with Crippen LogP contribution in [0.2, 0.25) is 5.02 Å². The molecule has 2 amide bonds. The van der Waals surface area contributed by atoms with Crippen LogP contribution in [0.4, 0.5) is 5.82 Å². The van der Waals surface area contributed by atoms with Crippen molar-refractivity contribution in [1.29, 1.82) is 0 Å². The molecule has 2 aromatic heterocycles. The second-order valence-electron chi connectivity index (χ2n) is 9.65. The Morgan fingerprint density at radius 1 is 1.31 bits per heavy atom. The fourth-order valence-electron chi connectivity index (χ4n) is 4.19. The Morgan fingerprint density at radius 2 is 2.11 bits per heavy atom. The monoisotopic (exact) mass is 546 g/mol. The van der Waals surface area contributed by atoms with Gasteiger partial charge in [0, 0.05) is 36.3 Å².